The highest BCUT2D eigenvalue weighted by Crippen LogP contribution is 2.71. The minimum atomic E-state index is -1.76. The SMILES string of the molecule is CO[C@@H]1C[C@H](O[C@H]2CC[C@@]3(C)[C@@H](CC[C@@H]4[C@@H]3C[C@@H](OC(C)=O)[C@]3(C)[C@](O)(C(C)OC(=O)c5ccccc5)CC[C@]43O)C2)O[C@H](C)[C@H]1O[C@H]1C[C@@H](OC)[C@H](O[C@@H]2O[C@H](CO[C@@H]3O[C@H](CO)[C@@H](O)[C@H](O)[C@H]3O)[C@@H](O)[C@H](O)[C@H]2O)[C@@H](C)O1. The Kier molecular flexibility index (Phi) is 18.7. The Morgan fingerprint density at radius 2 is 1.28 bits per heavy atom. The van der Waals surface area contributed by atoms with Crippen LogP contribution in [0.4, 0.5) is 0 Å². The van der Waals surface area contributed by atoms with Gasteiger partial charge in [0.25, 0.3) is 0 Å². The van der Waals surface area contributed by atoms with Gasteiger partial charge in [-0.05, 0) is 107 Å². The Labute approximate surface area is 460 Å². The van der Waals surface area contributed by atoms with Crippen molar-refractivity contribution in [2.45, 2.75) is 246 Å². The van der Waals surface area contributed by atoms with Gasteiger partial charge in [0.05, 0.1) is 60.3 Å². The summed E-state index contributed by atoms with van der Waals surface area (Å²) in [5, 5.41) is 98.8. The van der Waals surface area contributed by atoms with Crippen LogP contribution >= 0.6 is 0 Å². The molecular weight excluding hydrogens is 1040 g/mol. The van der Waals surface area contributed by atoms with Crippen molar-refractivity contribution in [3.8, 4) is 0 Å². The van der Waals surface area contributed by atoms with Gasteiger partial charge in [0, 0.05) is 34.0 Å². The molecule has 4 saturated heterocycles. The van der Waals surface area contributed by atoms with Crippen molar-refractivity contribution in [1.82, 2.24) is 0 Å². The van der Waals surface area contributed by atoms with Crippen LogP contribution in [0, 0.1) is 28.6 Å². The lowest BCUT2D eigenvalue weighted by Gasteiger charge is -2.66. The van der Waals surface area contributed by atoms with E-state index in [0.29, 0.717) is 24.8 Å². The van der Waals surface area contributed by atoms with Crippen molar-refractivity contribution in [2.24, 2.45) is 28.6 Å². The van der Waals surface area contributed by atoms with Crippen molar-refractivity contribution in [1.29, 1.82) is 0 Å². The Bertz CT molecular complexity index is 2210. The first-order chi connectivity index (χ1) is 37.4. The number of benzene rings is 1. The zero-order valence-electron chi connectivity index (χ0n) is 46.5. The van der Waals surface area contributed by atoms with Crippen molar-refractivity contribution in [3.63, 3.8) is 0 Å². The molecule has 23 heteroatoms. The Morgan fingerprint density at radius 3 is 1.90 bits per heavy atom. The van der Waals surface area contributed by atoms with E-state index < -0.39 is 165 Å². The molecule has 8 aliphatic rings. The number of carbonyl (C=O) groups excluding carboxylic acids is 2. The van der Waals surface area contributed by atoms with E-state index in [1.54, 1.807) is 51.3 Å². The number of hydrogen-bond acceptors (Lipinski definition) is 23. The van der Waals surface area contributed by atoms with Crippen LogP contribution in [0.3, 0.4) is 0 Å². The molecule has 4 saturated carbocycles. The van der Waals surface area contributed by atoms with Crippen LogP contribution in [0.1, 0.15) is 116 Å². The normalized spacial score (nSPS) is 49.4. The number of fused-ring (bicyclic) bond motifs is 5. The quantitative estimate of drug-likeness (QED) is 0.0814. The Hall–Kier alpha value is -2.60. The van der Waals surface area contributed by atoms with Crippen LogP contribution in [0.15, 0.2) is 30.3 Å². The maximum atomic E-state index is 13.3. The minimum absolute atomic E-state index is 0.0347. The molecule has 1 aromatic carbocycles. The molecule has 1 aromatic rings. The van der Waals surface area contributed by atoms with Crippen LogP contribution < -0.4 is 0 Å². The molecule has 28 atom stereocenters. The summed E-state index contributed by atoms with van der Waals surface area (Å²) in [5.41, 5.74) is -4.36. The minimum Gasteiger partial charge on any atom is -0.462 e. The van der Waals surface area contributed by atoms with E-state index in [-0.39, 0.29) is 48.5 Å². The first-order valence-electron chi connectivity index (χ1n) is 28.2. The van der Waals surface area contributed by atoms with Crippen molar-refractivity contribution in [2.75, 3.05) is 27.4 Å². The molecule has 4 aliphatic heterocycles. The maximum Gasteiger partial charge on any atom is 0.338 e. The van der Waals surface area contributed by atoms with E-state index in [4.69, 9.17) is 56.8 Å². The third-order valence-electron chi connectivity index (χ3n) is 20.1. The second kappa shape index (κ2) is 24.2. The molecule has 79 heavy (non-hydrogen) atoms. The summed E-state index contributed by atoms with van der Waals surface area (Å²) in [6.45, 7) is 9.51. The van der Waals surface area contributed by atoms with E-state index >= 15 is 0 Å². The van der Waals surface area contributed by atoms with Gasteiger partial charge in [0.1, 0.15) is 78.8 Å². The van der Waals surface area contributed by atoms with Gasteiger partial charge in [-0.15, -0.1) is 0 Å². The topological polar surface area (TPSA) is 327 Å². The summed E-state index contributed by atoms with van der Waals surface area (Å²) in [6, 6.07) is 8.57. The Morgan fingerprint density at radius 1 is 0.684 bits per heavy atom. The number of rotatable bonds is 16. The van der Waals surface area contributed by atoms with E-state index in [1.165, 1.54) is 14.0 Å². The highest BCUT2D eigenvalue weighted by atomic mass is 16.8. The van der Waals surface area contributed by atoms with Crippen LogP contribution in [0.2, 0.25) is 0 Å². The standard InChI is InChI=1S/C56H86O23/c1-26-48(78-41-23-36(69-8)49(27(2)72-41)79-52-47(64)45(62)43(60)38(77-52)25-70-51-46(63)44(61)42(59)37(24-57)76-51)35(68-7)22-40(71-26)75-32-16-17-53(5)31(20-32)14-15-33-34(53)21-39(74-29(4)58)54(6)55(66,18-19-56(33,54)67)28(3)73-50(65)30-12-10-9-11-13-30/h9-13,26-28,31-49,51-52,57,59-64,66-67H,14-25H2,1-8H3/t26-,27-,28?,31+,32+,33-,34+,35-,36-,37-,38-,39-,40+,41+,42-,43-,44+,45+,46-,47-,48-,49-,51-,52+,53+,54-,55-,56+/m1/s1. The second-order valence-corrected chi connectivity index (χ2v) is 24.1. The van der Waals surface area contributed by atoms with Gasteiger partial charge in [-0.1, -0.05) is 32.0 Å². The average molecular weight is 1130 g/mol. The predicted molar refractivity (Wildman–Crippen MR) is 271 cm³/mol. The fourth-order valence-electron chi connectivity index (χ4n) is 15.4. The predicted octanol–water partition coefficient (Wildman–Crippen LogP) is 0.742. The summed E-state index contributed by atoms with van der Waals surface area (Å²) < 4.78 is 73.3. The van der Waals surface area contributed by atoms with Gasteiger partial charge < -0.3 is 103 Å². The highest BCUT2D eigenvalue weighted by Gasteiger charge is 2.77. The van der Waals surface area contributed by atoms with Crippen LogP contribution in [-0.2, 0) is 61.6 Å². The molecule has 9 rings (SSSR count). The average Bonchev–Trinajstić information content (AvgIpc) is 2.68. The number of methoxy groups -OCH3 is 2. The van der Waals surface area contributed by atoms with E-state index in [9.17, 15) is 55.5 Å². The molecule has 0 amide bonds. The zero-order valence-corrected chi connectivity index (χ0v) is 46.5. The molecule has 0 radical (unpaired) electrons. The van der Waals surface area contributed by atoms with Crippen molar-refractivity contribution < 1.29 is 112 Å². The van der Waals surface area contributed by atoms with Crippen molar-refractivity contribution in [3.05, 3.63) is 35.9 Å². The van der Waals surface area contributed by atoms with E-state index in [2.05, 4.69) is 6.92 Å². The van der Waals surface area contributed by atoms with E-state index in [0.717, 1.165) is 25.7 Å². The second-order valence-electron chi connectivity index (χ2n) is 24.1. The number of hydrogen-bond donors (Lipinski definition) is 9. The molecule has 448 valence electrons. The highest BCUT2D eigenvalue weighted by molar-refractivity contribution is 5.89. The molecule has 1 unspecified atom stereocenters. The van der Waals surface area contributed by atoms with E-state index in [1.807, 2.05) is 13.8 Å². The summed E-state index contributed by atoms with van der Waals surface area (Å²) in [6.07, 6.45) is -18.0. The monoisotopic (exact) mass is 1130 g/mol. The van der Waals surface area contributed by atoms with Gasteiger partial charge in [0.15, 0.2) is 25.2 Å². The first kappa shape index (κ1) is 61.0. The van der Waals surface area contributed by atoms with Gasteiger partial charge in [0.2, 0.25) is 0 Å². The largest absolute Gasteiger partial charge is 0.462 e. The summed E-state index contributed by atoms with van der Waals surface area (Å²) >= 11 is 0. The number of carbonyl (C=O) groups is 2. The number of aliphatic hydroxyl groups excluding tert-OH is 7. The lowest BCUT2D eigenvalue weighted by Crippen LogP contribution is -2.72. The maximum absolute atomic E-state index is 13.3. The number of aliphatic hydroxyl groups is 9. The summed E-state index contributed by atoms with van der Waals surface area (Å²) in [5.74, 6) is -1.11. The van der Waals surface area contributed by atoms with Crippen LogP contribution in [0.5, 0.6) is 0 Å². The molecule has 0 aromatic heterocycles. The molecule has 0 bridgehead atoms. The van der Waals surface area contributed by atoms with Crippen LogP contribution in [0.25, 0.3) is 0 Å². The summed E-state index contributed by atoms with van der Waals surface area (Å²) in [4.78, 5) is 26.2. The lowest BCUT2D eigenvalue weighted by molar-refractivity contribution is -0.360. The van der Waals surface area contributed by atoms with Gasteiger partial charge >= 0.3 is 11.9 Å². The molecule has 4 heterocycles. The van der Waals surface area contributed by atoms with Gasteiger partial charge in [-0.2, -0.15) is 0 Å². The summed E-state index contributed by atoms with van der Waals surface area (Å²) in [7, 11) is 3.08. The molecule has 4 aliphatic carbocycles. The fraction of sp³-hybridized carbons (Fsp3) is 0.857. The third kappa shape index (κ3) is 11.2. The Balaban J connectivity index is 0.791. The first-order valence-corrected chi connectivity index (χ1v) is 28.2. The molecule has 9 N–H and O–H groups in total. The molecule has 0 spiro atoms. The smallest absolute Gasteiger partial charge is 0.338 e. The molecular formula is C56H86O23. The lowest BCUT2D eigenvalue weighted by atomic mass is 9.42. The number of esters is 2. The van der Waals surface area contributed by atoms with Crippen molar-refractivity contribution >= 4 is 11.9 Å². The van der Waals surface area contributed by atoms with Crippen LogP contribution in [-0.4, -0.2) is 225 Å². The number of ether oxygens (including phenoxy) is 12. The zero-order chi connectivity index (χ0) is 57.1. The van der Waals surface area contributed by atoms with Gasteiger partial charge in [-0.25, -0.2) is 4.79 Å². The third-order valence-corrected chi connectivity index (χ3v) is 20.1. The molecule has 23 nitrogen and oxygen atoms in total. The molecule has 8 fully saturated rings. The van der Waals surface area contributed by atoms with Gasteiger partial charge in [-0.3, -0.25) is 4.79 Å². The fourth-order valence-corrected chi connectivity index (χ4v) is 15.4.